The Labute approximate surface area is 124 Å². The highest BCUT2D eigenvalue weighted by molar-refractivity contribution is 4.96. The van der Waals surface area contributed by atoms with E-state index in [1.165, 1.54) is 6.42 Å². The van der Waals surface area contributed by atoms with Gasteiger partial charge in [0.15, 0.2) is 5.89 Å². The van der Waals surface area contributed by atoms with Crippen molar-refractivity contribution in [2.24, 2.45) is 11.3 Å². The molecule has 0 saturated heterocycles. The Morgan fingerprint density at radius 1 is 1.20 bits per heavy atom. The molecule has 0 saturated carbocycles. The average Bonchev–Trinajstić information content (AvgIpc) is 2.60. The maximum absolute atomic E-state index is 5.83. The minimum Gasteiger partial charge on any atom is -0.446 e. The van der Waals surface area contributed by atoms with Crippen molar-refractivity contribution < 1.29 is 4.42 Å². The van der Waals surface area contributed by atoms with Crippen LogP contribution in [0.1, 0.15) is 66.5 Å². The summed E-state index contributed by atoms with van der Waals surface area (Å²) < 4.78 is 5.83. The van der Waals surface area contributed by atoms with Crippen molar-refractivity contribution in [1.82, 2.24) is 10.3 Å². The monoisotopic (exact) mass is 280 g/mol. The molecule has 3 nitrogen and oxygen atoms in total. The van der Waals surface area contributed by atoms with Gasteiger partial charge in [-0.2, -0.15) is 0 Å². The molecule has 0 amide bonds. The van der Waals surface area contributed by atoms with Gasteiger partial charge in [0.25, 0.3) is 0 Å². The summed E-state index contributed by atoms with van der Waals surface area (Å²) in [6, 6.07) is 0. The van der Waals surface area contributed by atoms with Crippen molar-refractivity contribution in [1.29, 1.82) is 0 Å². The van der Waals surface area contributed by atoms with Gasteiger partial charge in [-0.05, 0) is 38.5 Å². The third kappa shape index (κ3) is 7.68. The lowest BCUT2D eigenvalue weighted by atomic mass is 9.84. The van der Waals surface area contributed by atoms with E-state index in [0.717, 1.165) is 31.0 Å². The van der Waals surface area contributed by atoms with E-state index in [1.807, 2.05) is 6.20 Å². The molecule has 1 rings (SSSR count). The fourth-order valence-electron chi connectivity index (χ4n) is 2.56. The summed E-state index contributed by atoms with van der Waals surface area (Å²) in [7, 11) is 0. The molecule has 0 spiro atoms. The zero-order valence-corrected chi connectivity index (χ0v) is 14.3. The van der Waals surface area contributed by atoms with Crippen LogP contribution < -0.4 is 5.32 Å². The normalized spacial score (nSPS) is 14.6. The van der Waals surface area contributed by atoms with Crippen molar-refractivity contribution in [3.05, 3.63) is 17.8 Å². The van der Waals surface area contributed by atoms with Gasteiger partial charge in [0.1, 0.15) is 5.76 Å². The molecule has 0 fully saturated rings. The number of nitrogens with zero attached hydrogens (tertiary/aromatic N) is 1. The third-order valence-corrected chi connectivity index (χ3v) is 3.11. The van der Waals surface area contributed by atoms with Crippen molar-refractivity contribution in [2.45, 2.75) is 73.3 Å². The lowest BCUT2D eigenvalue weighted by molar-refractivity contribution is 0.294. The Balaban J connectivity index is 2.39. The summed E-state index contributed by atoms with van der Waals surface area (Å²) in [5.74, 6) is 2.50. The SMILES string of the molecule is CC(Cc1cnc(CCNC(C)(C)C)o1)CC(C)(C)C. The van der Waals surface area contributed by atoms with E-state index in [0.29, 0.717) is 11.3 Å². The van der Waals surface area contributed by atoms with Crippen LogP contribution in [0.4, 0.5) is 0 Å². The highest BCUT2D eigenvalue weighted by atomic mass is 16.4. The van der Waals surface area contributed by atoms with E-state index < -0.39 is 0 Å². The van der Waals surface area contributed by atoms with Crippen molar-refractivity contribution in [3.63, 3.8) is 0 Å². The first-order chi connectivity index (χ1) is 9.05. The molecule has 1 heterocycles. The number of rotatable bonds is 6. The predicted molar refractivity (Wildman–Crippen MR) is 84.9 cm³/mol. The molecule has 0 bridgehead atoms. The number of hydrogen-bond donors (Lipinski definition) is 1. The smallest absolute Gasteiger partial charge is 0.195 e. The largest absolute Gasteiger partial charge is 0.446 e. The Hall–Kier alpha value is -0.830. The molecule has 0 radical (unpaired) electrons. The van der Waals surface area contributed by atoms with Crippen LogP contribution in [-0.4, -0.2) is 17.1 Å². The van der Waals surface area contributed by atoms with E-state index in [2.05, 4.69) is 58.8 Å². The molecule has 1 aromatic rings. The fraction of sp³-hybridized carbons (Fsp3) is 0.824. The molecule has 0 aliphatic heterocycles. The van der Waals surface area contributed by atoms with Crippen LogP contribution in [0.2, 0.25) is 0 Å². The summed E-state index contributed by atoms with van der Waals surface area (Å²) in [6.07, 6.45) is 4.93. The first-order valence-corrected chi connectivity index (χ1v) is 7.74. The third-order valence-electron chi connectivity index (χ3n) is 3.11. The second kappa shape index (κ2) is 6.75. The first-order valence-electron chi connectivity index (χ1n) is 7.74. The molecule has 0 aliphatic carbocycles. The minimum atomic E-state index is 0.149. The molecule has 20 heavy (non-hydrogen) atoms. The van der Waals surface area contributed by atoms with Crippen LogP contribution in [0.25, 0.3) is 0 Å². The van der Waals surface area contributed by atoms with Crippen LogP contribution in [0.5, 0.6) is 0 Å². The maximum Gasteiger partial charge on any atom is 0.195 e. The molecular weight excluding hydrogens is 248 g/mol. The Morgan fingerprint density at radius 3 is 2.40 bits per heavy atom. The number of aromatic nitrogens is 1. The average molecular weight is 280 g/mol. The summed E-state index contributed by atoms with van der Waals surface area (Å²) in [5.41, 5.74) is 0.523. The molecule has 116 valence electrons. The van der Waals surface area contributed by atoms with Gasteiger partial charge in [-0.15, -0.1) is 0 Å². The Kier molecular flexibility index (Phi) is 5.81. The van der Waals surface area contributed by atoms with Crippen LogP contribution in [0.15, 0.2) is 10.6 Å². The summed E-state index contributed by atoms with van der Waals surface area (Å²) >= 11 is 0. The lowest BCUT2D eigenvalue weighted by Gasteiger charge is -2.22. The van der Waals surface area contributed by atoms with Crippen LogP contribution in [0, 0.1) is 11.3 Å². The van der Waals surface area contributed by atoms with Crippen molar-refractivity contribution in [2.75, 3.05) is 6.54 Å². The van der Waals surface area contributed by atoms with Gasteiger partial charge in [-0.1, -0.05) is 27.7 Å². The predicted octanol–water partition coefficient (Wildman–Crippen LogP) is 4.22. The van der Waals surface area contributed by atoms with Crippen LogP contribution in [0.3, 0.4) is 0 Å². The Morgan fingerprint density at radius 2 is 1.85 bits per heavy atom. The minimum absolute atomic E-state index is 0.149. The summed E-state index contributed by atoms with van der Waals surface area (Å²) in [5, 5.41) is 3.45. The van der Waals surface area contributed by atoms with Gasteiger partial charge in [-0.25, -0.2) is 4.98 Å². The lowest BCUT2D eigenvalue weighted by Crippen LogP contribution is -2.37. The highest BCUT2D eigenvalue weighted by Crippen LogP contribution is 2.26. The number of nitrogens with one attached hydrogen (secondary N) is 1. The molecule has 3 heteroatoms. The van der Waals surface area contributed by atoms with Gasteiger partial charge in [0, 0.05) is 24.9 Å². The van der Waals surface area contributed by atoms with E-state index in [9.17, 15) is 0 Å². The fourth-order valence-corrected chi connectivity index (χ4v) is 2.56. The van der Waals surface area contributed by atoms with Crippen LogP contribution >= 0.6 is 0 Å². The number of oxazole rings is 1. The van der Waals surface area contributed by atoms with E-state index in [4.69, 9.17) is 4.42 Å². The molecule has 1 unspecified atom stereocenters. The molecule has 0 aliphatic rings. The quantitative estimate of drug-likeness (QED) is 0.848. The first kappa shape index (κ1) is 17.2. The Bertz CT molecular complexity index is 396. The maximum atomic E-state index is 5.83. The zero-order valence-electron chi connectivity index (χ0n) is 14.3. The second-order valence-corrected chi connectivity index (χ2v) is 8.22. The van der Waals surface area contributed by atoms with Gasteiger partial charge in [-0.3, -0.25) is 0 Å². The topological polar surface area (TPSA) is 38.1 Å². The van der Waals surface area contributed by atoms with Gasteiger partial charge in [0.05, 0.1) is 6.20 Å². The van der Waals surface area contributed by atoms with Gasteiger partial charge >= 0.3 is 0 Å². The standard InChI is InChI=1S/C17H32N2O/c1-13(11-16(2,3)4)10-14-12-18-15(20-14)8-9-19-17(5,6)7/h12-13,19H,8-11H2,1-7H3. The van der Waals surface area contributed by atoms with E-state index in [1.54, 1.807) is 0 Å². The molecule has 1 aromatic heterocycles. The van der Waals surface area contributed by atoms with Crippen molar-refractivity contribution in [3.8, 4) is 0 Å². The van der Waals surface area contributed by atoms with Crippen LogP contribution in [-0.2, 0) is 12.8 Å². The summed E-state index contributed by atoms with van der Waals surface area (Å²) in [6.45, 7) is 16.6. The van der Waals surface area contributed by atoms with Gasteiger partial charge in [0.2, 0.25) is 0 Å². The molecule has 1 N–H and O–H groups in total. The molecule has 1 atom stereocenters. The molecule has 0 aromatic carbocycles. The second-order valence-electron chi connectivity index (χ2n) is 8.22. The van der Waals surface area contributed by atoms with E-state index >= 15 is 0 Å². The summed E-state index contributed by atoms with van der Waals surface area (Å²) in [4.78, 5) is 4.38. The highest BCUT2D eigenvalue weighted by Gasteiger charge is 2.17. The van der Waals surface area contributed by atoms with Crippen molar-refractivity contribution >= 4 is 0 Å². The molecular formula is C17H32N2O. The zero-order chi connectivity index (χ0) is 15.4. The van der Waals surface area contributed by atoms with Gasteiger partial charge < -0.3 is 9.73 Å². The van der Waals surface area contributed by atoms with E-state index in [-0.39, 0.29) is 5.54 Å². The number of hydrogen-bond acceptors (Lipinski definition) is 3.